The predicted molar refractivity (Wildman–Crippen MR) is 95.0 cm³/mol. The van der Waals surface area contributed by atoms with Gasteiger partial charge in [-0.25, -0.2) is 9.18 Å². The van der Waals surface area contributed by atoms with Gasteiger partial charge in [-0.1, -0.05) is 17.4 Å². The lowest BCUT2D eigenvalue weighted by molar-refractivity contribution is -0.138. The van der Waals surface area contributed by atoms with Gasteiger partial charge in [0.05, 0.1) is 4.47 Å². The first-order chi connectivity index (χ1) is 12.7. The summed E-state index contributed by atoms with van der Waals surface area (Å²) in [4.78, 5) is 15.5. The molecule has 1 saturated heterocycles. The Morgan fingerprint density at radius 1 is 1.22 bits per heavy atom. The molecule has 3 rings (SSSR count). The van der Waals surface area contributed by atoms with Crippen LogP contribution in [-0.2, 0) is 12.7 Å². The Morgan fingerprint density at radius 3 is 2.52 bits per heavy atom. The molecule has 2 amide bonds. The molecular formula is C15H14BrF4N5OS. The Balaban J connectivity index is 1.50. The van der Waals surface area contributed by atoms with E-state index in [0.717, 1.165) is 5.56 Å². The third-order valence-electron chi connectivity index (χ3n) is 3.92. The lowest BCUT2D eigenvalue weighted by Gasteiger charge is -2.34. The van der Waals surface area contributed by atoms with E-state index in [9.17, 15) is 22.4 Å². The molecule has 1 fully saturated rings. The van der Waals surface area contributed by atoms with E-state index < -0.39 is 11.2 Å². The van der Waals surface area contributed by atoms with Crippen LogP contribution in [0.2, 0.25) is 0 Å². The molecule has 0 saturated carbocycles. The van der Waals surface area contributed by atoms with Gasteiger partial charge in [0, 0.05) is 32.7 Å². The van der Waals surface area contributed by atoms with Crippen LogP contribution in [0.25, 0.3) is 0 Å². The molecule has 6 nitrogen and oxygen atoms in total. The van der Waals surface area contributed by atoms with Crippen molar-refractivity contribution in [3.05, 3.63) is 39.1 Å². The molecule has 1 aromatic carbocycles. The maximum absolute atomic E-state index is 13.2. The Kier molecular flexibility index (Phi) is 5.84. The quantitative estimate of drug-likeness (QED) is 0.701. The fourth-order valence-corrected chi connectivity index (χ4v) is 3.69. The summed E-state index contributed by atoms with van der Waals surface area (Å²) < 4.78 is 51.4. The van der Waals surface area contributed by atoms with Gasteiger partial charge in [-0.3, -0.25) is 0 Å². The minimum absolute atomic E-state index is 0.193. The molecule has 1 aliphatic rings. The number of hydrogen-bond acceptors (Lipinski definition) is 5. The second-order valence-electron chi connectivity index (χ2n) is 5.77. The van der Waals surface area contributed by atoms with Crippen LogP contribution in [0.5, 0.6) is 0 Å². The number of hydrogen-bond donors (Lipinski definition) is 1. The van der Waals surface area contributed by atoms with Gasteiger partial charge in [-0.05, 0) is 33.6 Å². The summed E-state index contributed by atoms with van der Waals surface area (Å²) in [6.45, 7) is 1.66. The molecule has 0 atom stereocenters. The molecule has 0 spiro atoms. The normalized spacial score (nSPS) is 15.1. The first-order valence-corrected chi connectivity index (χ1v) is 9.47. The molecule has 1 aromatic heterocycles. The molecule has 0 aliphatic carbocycles. The van der Waals surface area contributed by atoms with Crippen molar-refractivity contribution in [3.63, 3.8) is 0 Å². The summed E-state index contributed by atoms with van der Waals surface area (Å²) in [5.74, 6) is -0.383. The molecule has 0 unspecified atom stereocenters. The smallest absolute Gasteiger partial charge is 0.343 e. The minimum atomic E-state index is -4.51. The van der Waals surface area contributed by atoms with Crippen molar-refractivity contribution in [2.24, 2.45) is 0 Å². The summed E-state index contributed by atoms with van der Waals surface area (Å²) in [7, 11) is 0. The van der Waals surface area contributed by atoms with E-state index in [0.29, 0.717) is 42.0 Å². The van der Waals surface area contributed by atoms with Gasteiger partial charge >= 0.3 is 12.2 Å². The van der Waals surface area contributed by atoms with Crippen molar-refractivity contribution in [1.29, 1.82) is 0 Å². The minimum Gasteiger partial charge on any atom is -0.343 e. The van der Waals surface area contributed by atoms with Crippen molar-refractivity contribution in [1.82, 2.24) is 20.4 Å². The highest BCUT2D eigenvalue weighted by Gasteiger charge is 2.36. The first-order valence-electron chi connectivity index (χ1n) is 7.86. The zero-order valence-corrected chi connectivity index (χ0v) is 16.2. The van der Waals surface area contributed by atoms with Gasteiger partial charge in [0.2, 0.25) is 10.1 Å². The molecule has 0 radical (unpaired) electrons. The third kappa shape index (κ3) is 4.86. The van der Waals surface area contributed by atoms with Crippen LogP contribution in [0.1, 0.15) is 10.6 Å². The van der Waals surface area contributed by atoms with Gasteiger partial charge in [-0.15, -0.1) is 10.2 Å². The van der Waals surface area contributed by atoms with Gasteiger partial charge in [0.15, 0.2) is 0 Å². The largest absolute Gasteiger partial charge is 0.445 e. The van der Waals surface area contributed by atoms with E-state index in [2.05, 4.69) is 31.4 Å². The molecular weight excluding hydrogens is 454 g/mol. The van der Waals surface area contributed by atoms with Gasteiger partial charge in [0.25, 0.3) is 0 Å². The highest BCUT2D eigenvalue weighted by Crippen LogP contribution is 2.34. The summed E-state index contributed by atoms with van der Waals surface area (Å²) in [6.07, 6.45) is -4.51. The Bertz CT molecular complexity index is 823. The van der Waals surface area contributed by atoms with Crippen LogP contribution in [0.3, 0.4) is 0 Å². The SMILES string of the molecule is O=C(NCc1ccc(F)c(Br)c1)N1CCN(c2nnc(C(F)(F)F)s2)CC1. The number of aromatic nitrogens is 2. The number of anilines is 1. The number of halogens is 5. The number of nitrogens with zero attached hydrogens (tertiary/aromatic N) is 4. The molecule has 2 heterocycles. The van der Waals surface area contributed by atoms with Crippen LogP contribution in [0.15, 0.2) is 22.7 Å². The van der Waals surface area contributed by atoms with E-state index in [1.54, 1.807) is 21.9 Å². The molecule has 12 heteroatoms. The second kappa shape index (κ2) is 7.97. The number of urea groups is 1. The van der Waals surface area contributed by atoms with Gasteiger partial charge in [-0.2, -0.15) is 13.2 Å². The Morgan fingerprint density at radius 2 is 1.93 bits per heavy atom. The topological polar surface area (TPSA) is 61.4 Å². The second-order valence-corrected chi connectivity index (χ2v) is 7.58. The van der Waals surface area contributed by atoms with Crippen molar-refractivity contribution in [2.75, 3.05) is 31.1 Å². The van der Waals surface area contributed by atoms with Crippen molar-refractivity contribution in [3.8, 4) is 0 Å². The number of alkyl halides is 3. The number of carbonyl (C=O) groups excluding carboxylic acids is 1. The number of nitrogens with one attached hydrogen (secondary N) is 1. The van der Waals surface area contributed by atoms with Gasteiger partial charge < -0.3 is 15.1 Å². The van der Waals surface area contributed by atoms with E-state index in [4.69, 9.17) is 0 Å². The maximum atomic E-state index is 13.2. The molecule has 27 heavy (non-hydrogen) atoms. The monoisotopic (exact) mass is 467 g/mol. The first kappa shape index (κ1) is 19.8. The summed E-state index contributed by atoms with van der Waals surface area (Å²) >= 11 is 3.58. The number of piperazine rings is 1. The fraction of sp³-hybridized carbons (Fsp3) is 0.400. The molecule has 2 aromatic rings. The predicted octanol–water partition coefficient (Wildman–Crippen LogP) is 3.49. The average molecular weight is 468 g/mol. The van der Waals surface area contributed by atoms with E-state index >= 15 is 0 Å². The maximum Gasteiger partial charge on any atom is 0.445 e. The lowest BCUT2D eigenvalue weighted by Crippen LogP contribution is -2.51. The summed E-state index contributed by atoms with van der Waals surface area (Å²) in [6, 6.07) is 4.18. The molecule has 0 bridgehead atoms. The molecule has 146 valence electrons. The number of rotatable bonds is 3. The fourth-order valence-electron chi connectivity index (χ4n) is 2.50. The number of amides is 2. The zero-order chi connectivity index (χ0) is 19.6. The molecule has 1 aliphatic heterocycles. The highest BCUT2D eigenvalue weighted by atomic mass is 79.9. The van der Waals surface area contributed by atoms with Crippen molar-refractivity contribution >= 4 is 38.4 Å². The third-order valence-corrected chi connectivity index (χ3v) is 5.56. The van der Waals surface area contributed by atoms with Crippen LogP contribution in [0.4, 0.5) is 27.5 Å². The van der Waals surface area contributed by atoms with E-state index in [1.807, 2.05) is 0 Å². The molecule has 1 N–H and O–H groups in total. The van der Waals surface area contributed by atoms with Crippen molar-refractivity contribution in [2.45, 2.75) is 12.7 Å². The van der Waals surface area contributed by atoms with Crippen molar-refractivity contribution < 1.29 is 22.4 Å². The lowest BCUT2D eigenvalue weighted by atomic mass is 10.2. The number of carbonyl (C=O) groups is 1. The zero-order valence-electron chi connectivity index (χ0n) is 13.8. The average Bonchev–Trinajstić information content (AvgIpc) is 3.13. The Labute approximate surface area is 164 Å². The van der Waals surface area contributed by atoms with Crippen LogP contribution in [0, 0.1) is 5.82 Å². The standard InChI is InChI=1S/C15H14BrF4N5OS/c16-10-7-9(1-2-11(10)17)8-21-13(26)24-3-5-25(6-4-24)14-23-22-12(27-14)15(18,19)20/h1-2,7H,3-6,8H2,(H,21,26). The summed E-state index contributed by atoms with van der Waals surface area (Å²) in [5.41, 5.74) is 0.740. The van der Waals surface area contributed by atoms with Gasteiger partial charge in [0.1, 0.15) is 5.82 Å². The summed E-state index contributed by atoms with van der Waals surface area (Å²) in [5, 5.41) is 8.71. The van der Waals surface area contributed by atoms with Crippen LogP contribution < -0.4 is 10.2 Å². The Hall–Kier alpha value is -1.95. The van der Waals surface area contributed by atoms with E-state index in [1.165, 1.54) is 6.07 Å². The number of benzene rings is 1. The van der Waals surface area contributed by atoms with Crippen LogP contribution in [-0.4, -0.2) is 47.3 Å². The van der Waals surface area contributed by atoms with E-state index in [-0.39, 0.29) is 23.5 Å². The van der Waals surface area contributed by atoms with Crippen LogP contribution >= 0.6 is 27.3 Å². The highest BCUT2D eigenvalue weighted by molar-refractivity contribution is 9.10.